The van der Waals surface area contributed by atoms with Crippen LogP contribution in [0.2, 0.25) is 0 Å². The molecule has 0 unspecified atom stereocenters. The van der Waals surface area contributed by atoms with Crippen molar-refractivity contribution in [2.45, 2.75) is 26.2 Å². The molecule has 1 aliphatic rings. The van der Waals surface area contributed by atoms with Gasteiger partial charge >= 0.3 is 0 Å². The summed E-state index contributed by atoms with van der Waals surface area (Å²) >= 11 is 1.20. The maximum absolute atomic E-state index is 13.0. The number of amides is 1. The van der Waals surface area contributed by atoms with E-state index in [9.17, 15) is 4.79 Å². The first-order valence-corrected chi connectivity index (χ1v) is 9.21. The van der Waals surface area contributed by atoms with Gasteiger partial charge in [0.2, 0.25) is 0 Å². The van der Waals surface area contributed by atoms with E-state index in [1.54, 1.807) is 12.4 Å². The van der Waals surface area contributed by atoms with Crippen molar-refractivity contribution in [3.8, 4) is 11.1 Å². The molecule has 0 saturated heterocycles. The maximum Gasteiger partial charge on any atom is 0.271 e. The van der Waals surface area contributed by atoms with Crippen LogP contribution in [-0.2, 0) is 12.8 Å². The third kappa shape index (κ3) is 2.93. The second-order valence-corrected chi connectivity index (χ2v) is 6.84. The summed E-state index contributed by atoms with van der Waals surface area (Å²) in [5.74, 6) is 0.0221. The van der Waals surface area contributed by atoms with Crippen LogP contribution < -0.4 is 4.90 Å². The standard InChI is InChI=1S/C19H18N4OS/c1-2-3-16-18(25-22-21-16)19(24)23-11-8-15-12-14(4-5-17(15)23)13-6-9-20-10-7-13/h4-7,9-10,12H,2-3,8,11H2,1H3. The summed E-state index contributed by atoms with van der Waals surface area (Å²) in [6, 6.07) is 10.3. The predicted octanol–water partition coefficient (Wildman–Crippen LogP) is 3.76. The number of hydrogen-bond acceptors (Lipinski definition) is 5. The molecule has 0 atom stereocenters. The molecule has 6 heteroatoms. The monoisotopic (exact) mass is 350 g/mol. The van der Waals surface area contributed by atoms with E-state index < -0.39 is 0 Å². The Labute approximate surface area is 150 Å². The van der Waals surface area contributed by atoms with Gasteiger partial charge in [-0.1, -0.05) is 23.9 Å². The van der Waals surface area contributed by atoms with Gasteiger partial charge in [0.05, 0.1) is 5.69 Å². The lowest BCUT2D eigenvalue weighted by Crippen LogP contribution is -2.29. The van der Waals surface area contributed by atoms with Crippen LogP contribution in [0.1, 0.15) is 34.3 Å². The van der Waals surface area contributed by atoms with E-state index in [1.165, 1.54) is 17.1 Å². The molecule has 4 rings (SSSR count). The molecule has 1 aromatic carbocycles. The van der Waals surface area contributed by atoms with E-state index in [2.05, 4.69) is 33.6 Å². The second kappa shape index (κ2) is 6.72. The lowest BCUT2D eigenvalue weighted by atomic mass is 10.0. The molecule has 0 radical (unpaired) electrons. The number of rotatable bonds is 4. The Kier molecular flexibility index (Phi) is 4.28. The van der Waals surface area contributed by atoms with Gasteiger partial charge in [0.25, 0.3) is 5.91 Å². The third-order valence-electron chi connectivity index (χ3n) is 4.47. The summed E-state index contributed by atoms with van der Waals surface area (Å²) in [6.45, 7) is 2.79. The molecule has 5 nitrogen and oxygen atoms in total. The smallest absolute Gasteiger partial charge is 0.271 e. The van der Waals surface area contributed by atoms with Gasteiger partial charge in [0, 0.05) is 24.6 Å². The fourth-order valence-electron chi connectivity index (χ4n) is 3.23. The minimum Gasteiger partial charge on any atom is -0.307 e. The first-order valence-electron chi connectivity index (χ1n) is 8.44. The fraction of sp³-hybridized carbons (Fsp3) is 0.263. The molecular formula is C19H18N4OS. The lowest BCUT2D eigenvalue weighted by Gasteiger charge is -2.17. The molecule has 0 aliphatic carbocycles. The van der Waals surface area contributed by atoms with E-state index in [1.807, 2.05) is 23.1 Å². The van der Waals surface area contributed by atoms with Crippen molar-refractivity contribution in [3.05, 3.63) is 58.9 Å². The van der Waals surface area contributed by atoms with Crippen LogP contribution in [0.5, 0.6) is 0 Å². The van der Waals surface area contributed by atoms with Crippen LogP contribution >= 0.6 is 11.5 Å². The molecule has 3 heterocycles. The van der Waals surface area contributed by atoms with Crippen molar-refractivity contribution in [1.29, 1.82) is 0 Å². The van der Waals surface area contributed by atoms with E-state index in [4.69, 9.17) is 0 Å². The number of fused-ring (bicyclic) bond motifs is 1. The van der Waals surface area contributed by atoms with E-state index in [0.717, 1.165) is 41.8 Å². The zero-order chi connectivity index (χ0) is 17.2. The highest BCUT2D eigenvalue weighted by Crippen LogP contribution is 2.33. The van der Waals surface area contributed by atoms with Crippen LogP contribution in [0.15, 0.2) is 42.7 Å². The van der Waals surface area contributed by atoms with Gasteiger partial charge in [-0.2, -0.15) is 0 Å². The van der Waals surface area contributed by atoms with Crippen molar-refractivity contribution in [2.75, 3.05) is 11.4 Å². The SMILES string of the molecule is CCCc1nnsc1C(=O)N1CCc2cc(-c3ccncc3)ccc21. The van der Waals surface area contributed by atoms with Gasteiger partial charge in [0.1, 0.15) is 4.88 Å². The highest BCUT2D eigenvalue weighted by molar-refractivity contribution is 7.08. The maximum atomic E-state index is 13.0. The number of hydrogen-bond donors (Lipinski definition) is 0. The van der Waals surface area contributed by atoms with Gasteiger partial charge < -0.3 is 4.90 Å². The molecule has 2 aromatic heterocycles. The molecule has 0 bridgehead atoms. The highest BCUT2D eigenvalue weighted by Gasteiger charge is 2.28. The summed E-state index contributed by atoms with van der Waals surface area (Å²) in [5.41, 5.74) is 5.32. The average Bonchev–Trinajstić information content (AvgIpc) is 3.28. The summed E-state index contributed by atoms with van der Waals surface area (Å²) < 4.78 is 3.98. The normalized spacial score (nSPS) is 13.1. The quantitative estimate of drug-likeness (QED) is 0.719. The highest BCUT2D eigenvalue weighted by atomic mass is 32.1. The molecule has 25 heavy (non-hydrogen) atoms. The van der Waals surface area contributed by atoms with E-state index in [0.29, 0.717) is 11.4 Å². The first-order chi connectivity index (χ1) is 12.3. The van der Waals surface area contributed by atoms with Crippen LogP contribution in [0.3, 0.4) is 0 Å². The second-order valence-electron chi connectivity index (χ2n) is 6.08. The number of aryl methyl sites for hydroxylation is 1. The van der Waals surface area contributed by atoms with Gasteiger partial charge in [-0.15, -0.1) is 5.10 Å². The van der Waals surface area contributed by atoms with Crippen LogP contribution in [0, 0.1) is 0 Å². The molecule has 0 fully saturated rings. The number of pyridine rings is 1. The minimum atomic E-state index is 0.0221. The Hall–Kier alpha value is -2.60. The lowest BCUT2D eigenvalue weighted by molar-refractivity contribution is 0.0992. The first kappa shape index (κ1) is 15.9. The molecule has 3 aromatic rings. The number of anilines is 1. The zero-order valence-corrected chi connectivity index (χ0v) is 14.8. The molecule has 1 aliphatic heterocycles. The Morgan fingerprint density at radius 1 is 1.20 bits per heavy atom. The van der Waals surface area contributed by atoms with E-state index >= 15 is 0 Å². The Bertz CT molecular complexity index is 907. The van der Waals surface area contributed by atoms with Crippen LogP contribution in [0.25, 0.3) is 11.1 Å². The van der Waals surface area contributed by atoms with Crippen LogP contribution in [0.4, 0.5) is 5.69 Å². The number of carbonyl (C=O) groups is 1. The topological polar surface area (TPSA) is 59.0 Å². The van der Waals surface area contributed by atoms with Crippen molar-refractivity contribution in [2.24, 2.45) is 0 Å². The van der Waals surface area contributed by atoms with Gasteiger partial charge in [-0.3, -0.25) is 9.78 Å². The Balaban J connectivity index is 1.64. The third-order valence-corrected chi connectivity index (χ3v) is 5.23. The molecule has 126 valence electrons. The number of aromatic nitrogens is 3. The largest absolute Gasteiger partial charge is 0.307 e. The molecule has 0 spiro atoms. The molecular weight excluding hydrogens is 332 g/mol. The fourth-order valence-corrected chi connectivity index (χ4v) is 3.89. The van der Waals surface area contributed by atoms with Crippen LogP contribution in [-0.4, -0.2) is 27.0 Å². The number of benzene rings is 1. The van der Waals surface area contributed by atoms with E-state index in [-0.39, 0.29) is 5.91 Å². The Morgan fingerprint density at radius 3 is 2.84 bits per heavy atom. The van der Waals surface area contributed by atoms with Crippen molar-refractivity contribution < 1.29 is 4.79 Å². The summed E-state index contributed by atoms with van der Waals surface area (Å²) in [6.07, 6.45) is 6.21. The van der Waals surface area contributed by atoms with Crippen molar-refractivity contribution in [3.63, 3.8) is 0 Å². The summed E-state index contributed by atoms with van der Waals surface area (Å²) in [5, 5.41) is 4.12. The van der Waals surface area contributed by atoms with Gasteiger partial charge in [-0.05, 0) is 65.3 Å². The number of carbonyl (C=O) groups excluding carboxylic acids is 1. The van der Waals surface area contributed by atoms with Crippen molar-refractivity contribution in [1.82, 2.24) is 14.6 Å². The summed E-state index contributed by atoms with van der Waals surface area (Å²) in [7, 11) is 0. The molecule has 0 saturated carbocycles. The molecule has 1 amide bonds. The Morgan fingerprint density at radius 2 is 2.04 bits per heavy atom. The van der Waals surface area contributed by atoms with Gasteiger partial charge in [0.15, 0.2) is 0 Å². The predicted molar refractivity (Wildman–Crippen MR) is 99.0 cm³/mol. The average molecular weight is 350 g/mol. The molecule has 0 N–H and O–H groups in total. The minimum absolute atomic E-state index is 0.0221. The van der Waals surface area contributed by atoms with Crippen molar-refractivity contribution >= 4 is 23.1 Å². The summed E-state index contributed by atoms with van der Waals surface area (Å²) in [4.78, 5) is 19.6. The number of nitrogens with zero attached hydrogens (tertiary/aromatic N) is 4. The zero-order valence-electron chi connectivity index (χ0n) is 14.0. The van der Waals surface area contributed by atoms with Gasteiger partial charge in [-0.25, -0.2) is 0 Å².